The van der Waals surface area contributed by atoms with Gasteiger partial charge in [-0.25, -0.2) is 0 Å². The second-order valence-electron chi connectivity index (χ2n) is 3.64. The third kappa shape index (κ3) is 9.00. The second kappa shape index (κ2) is 11.7. The Kier molecular flexibility index (Phi) is 19.7. The summed E-state index contributed by atoms with van der Waals surface area (Å²) >= 11 is 0. The van der Waals surface area contributed by atoms with E-state index < -0.39 is 0 Å². The summed E-state index contributed by atoms with van der Waals surface area (Å²) < 4.78 is 0. The summed E-state index contributed by atoms with van der Waals surface area (Å²) in [4.78, 5) is 2.26. The molecule has 0 bridgehead atoms. The van der Waals surface area contributed by atoms with Gasteiger partial charge in [0.2, 0.25) is 0 Å². The largest absolute Gasteiger partial charge is 3.00 e. The summed E-state index contributed by atoms with van der Waals surface area (Å²) in [5.74, 6) is 2.33. The van der Waals surface area contributed by atoms with Crippen LogP contribution in [0.5, 0.6) is 0 Å². The van der Waals surface area contributed by atoms with Crippen molar-refractivity contribution in [3.63, 3.8) is 0 Å². The molecule has 85 valence electrons. The van der Waals surface area contributed by atoms with Crippen LogP contribution in [0.3, 0.4) is 0 Å². The minimum atomic E-state index is 0. The van der Waals surface area contributed by atoms with E-state index in [0.717, 1.165) is 0 Å². The van der Waals surface area contributed by atoms with E-state index in [-0.39, 0.29) is 63.4 Å². The van der Waals surface area contributed by atoms with E-state index in [2.05, 4.69) is 44.8 Å². The number of halogens is 3. The molecule has 0 amide bonds. The molecule has 0 aromatic rings. The summed E-state index contributed by atoms with van der Waals surface area (Å²) in [6, 6.07) is 0. The SMILES string of the molecule is CC1=CB(N(C)C)CC(C)=C1.[Cl-].[Cl-].[Cl-].[Zr+3]. The Balaban J connectivity index is -0.000000151. The van der Waals surface area contributed by atoms with E-state index in [1.807, 2.05) is 0 Å². The topological polar surface area (TPSA) is 3.24 Å². The van der Waals surface area contributed by atoms with Crippen molar-refractivity contribution >= 4 is 6.85 Å². The van der Waals surface area contributed by atoms with E-state index in [1.165, 1.54) is 17.5 Å². The van der Waals surface area contributed by atoms with Gasteiger partial charge in [0.1, 0.15) is 0 Å². The van der Waals surface area contributed by atoms with E-state index in [0.29, 0.717) is 6.85 Å². The zero-order valence-corrected chi connectivity index (χ0v) is 14.2. The van der Waals surface area contributed by atoms with Crippen molar-refractivity contribution in [1.82, 2.24) is 4.81 Å². The number of hydrogen-bond acceptors (Lipinski definition) is 1. The average molecular weight is 347 g/mol. The van der Waals surface area contributed by atoms with Crippen molar-refractivity contribution in [1.29, 1.82) is 0 Å². The van der Waals surface area contributed by atoms with Gasteiger partial charge in [-0.2, -0.15) is 0 Å². The first-order chi connectivity index (χ1) is 5.09. The first-order valence-electron chi connectivity index (χ1n) is 4.11. The van der Waals surface area contributed by atoms with Gasteiger partial charge in [0.05, 0.1) is 0 Å². The Morgan fingerprint density at radius 1 is 1.13 bits per heavy atom. The Hall–Kier alpha value is 1.26. The summed E-state index contributed by atoms with van der Waals surface area (Å²) in [6.07, 6.45) is 3.45. The van der Waals surface area contributed by atoms with Crippen molar-refractivity contribution in [3.05, 3.63) is 23.2 Å². The molecule has 0 aliphatic carbocycles. The van der Waals surface area contributed by atoms with Gasteiger partial charge in [-0.05, 0) is 34.3 Å². The first kappa shape index (κ1) is 25.2. The molecule has 0 saturated heterocycles. The van der Waals surface area contributed by atoms with E-state index >= 15 is 0 Å². The zero-order chi connectivity index (χ0) is 8.43. The van der Waals surface area contributed by atoms with Crippen LogP contribution in [-0.4, -0.2) is 25.8 Å². The van der Waals surface area contributed by atoms with Gasteiger partial charge in [-0.3, -0.25) is 0 Å². The molecule has 0 spiro atoms. The quantitative estimate of drug-likeness (QED) is 0.427. The molecule has 0 aromatic heterocycles. The standard InChI is InChI=1S/C9H16BN.3ClH.Zr/c1-8-5-9(2)7-10(6-8)11(3)4;;;;/h5-6H,7H2,1-4H3;3*1H;/q;;;;+3/p-3. The molecule has 1 nitrogen and oxygen atoms in total. The summed E-state index contributed by atoms with van der Waals surface area (Å²) in [6.45, 7) is 4.98. The molecular formula is C9H16BCl3NZr. The van der Waals surface area contributed by atoms with Crippen molar-refractivity contribution in [2.24, 2.45) is 0 Å². The van der Waals surface area contributed by atoms with Crippen LogP contribution in [0.2, 0.25) is 6.32 Å². The third-order valence-corrected chi connectivity index (χ3v) is 2.12. The minimum absolute atomic E-state index is 0. The van der Waals surface area contributed by atoms with E-state index in [4.69, 9.17) is 0 Å². The van der Waals surface area contributed by atoms with Gasteiger partial charge in [-0.1, -0.05) is 23.2 Å². The smallest absolute Gasteiger partial charge is 1.00 e. The van der Waals surface area contributed by atoms with E-state index in [9.17, 15) is 0 Å². The predicted octanol–water partition coefficient (Wildman–Crippen LogP) is -7.01. The monoisotopic (exact) mass is 344 g/mol. The van der Waals surface area contributed by atoms with Crippen molar-refractivity contribution in [2.75, 3.05) is 14.1 Å². The zero-order valence-electron chi connectivity index (χ0n) is 9.52. The fraction of sp³-hybridized carbons (Fsp3) is 0.556. The molecule has 1 rings (SSSR count). The molecule has 6 heteroatoms. The fourth-order valence-electron chi connectivity index (χ4n) is 1.52. The van der Waals surface area contributed by atoms with Gasteiger partial charge < -0.3 is 42.0 Å². The number of allylic oxidation sites excluding steroid dienone is 3. The Labute approximate surface area is 132 Å². The van der Waals surface area contributed by atoms with Crippen LogP contribution in [0.1, 0.15) is 13.8 Å². The molecule has 1 aliphatic heterocycles. The molecular weight excluding hydrogens is 331 g/mol. The van der Waals surface area contributed by atoms with Crippen molar-refractivity contribution < 1.29 is 63.4 Å². The molecule has 1 radical (unpaired) electrons. The van der Waals surface area contributed by atoms with Crippen molar-refractivity contribution in [2.45, 2.75) is 20.2 Å². The molecule has 0 atom stereocenters. The van der Waals surface area contributed by atoms with Crippen LogP contribution in [0, 0.1) is 0 Å². The van der Waals surface area contributed by atoms with Crippen LogP contribution >= 0.6 is 0 Å². The number of rotatable bonds is 1. The summed E-state index contributed by atoms with van der Waals surface area (Å²) in [5, 5.41) is 0. The van der Waals surface area contributed by atoms with E-state index in [1.54, 1.807) is 0 Å². The molecule has 0 saturated carbocycles. The molecule has 0 aromatic carbocycles. The van der Waals surface area contributed by atoms with Gasteiger partial charge in [0.25, 0.3) is 6.85 Å². The molecule has 1 aliphatic rings. The number of nitrogens with zero attached hydrogens (tertiary/aromatic N) is 1. The van der Waals surface area contributed by atoms with Crippen LogP contribution in [0.4, 0.5) is 0 Å². The van der Waals surface area contributed by atoms with Crippen LogP contribution in [0.15, 0.2) is 23.2 Å². The maximum Gasteiger partial charge on any atom is 3.00 e. The predicted molar refractivity (Wildman–Crippen MR) is 51.8 cm³/mol. The summed E-state index contributed by atoms with van der Waals surface area (Å²) in [7, 11) is 4.26. The van der Waals surface area contributed by atoms with Crippen LogP contribution in [-0.2, 0) is 26.2 Å². The maximum atomic E-state index is 2.33. The van der Waals surface area contributed by atoms with Crippen LogP contribution < -0.4 is 37.2 Å². The number of hydrogen-bond donors (Lipinski definition) is 0. The third-order valence-electron chi connectivity index (χ3n) is 2.12. The minimum Gasteiger partial charge on any atom is -1.00 e. The summed E-state index contributed by atoms with van der Waals surface area (Å²) in [5.41, 5.74) is 2.89. The van der Waals surface area contributed by atoms with Gasteiger partial charge in [0, 0.05) is 0 Å². The first-order valence-corrected chi connectivity index (χ1v) is 4.11. The van der Waals surface area contributed by atoms with Gasteiger partial charge >= 0.3 is 26.2 Å². The van der Waals surface area contributed by atoms with Crippen LogP contribution in [0.25, 0.3) is 0 Å². The molecule has 0 unspecified atom stereocenters. The van der Waals surface area contributed by atoms with Gasteiger partial charge in [0.15, 0.2) is 0 Å². The fourth-order valence-corrected chi connectivity index (χ4v) is 1.52. The van der Waals surface area contributed by atoms with Gasteiger partial charge in [-0.15, -0.1) is 0 Å². The normalized spacial score (nSPS) is 13.5. The molecule has 0 N–H and O–H groups in total. The maximum absolute atomic E-state index is 2.33. The average Bonchev–Trinajstić information content (AvgIpc) is 1.85. The Bertz CT molecular complexity index is 219. The second-order valence-corrected chi connectivity index (χ2v) is 3.64. The Morgan fingerprint density at radius 3 is 1.93 bits per heavy atom. The molecule has 0 fully saturated rings. The molecule has 15 heavy (non-hydrogen) atoms. The van der Waals surface area contributed by atoms with Crippen molar-refractivity contribution in [3.8, 4) is 0 Å². The Morgan fingerprint density at radius 2 is 1.60 bits per heavy atom. The molecule has 1 heterocycles.